The molecule has 3 rings (SSSR count). The lowest BCUT2D eigenvalue weighted by Crippen LogP contribution is -2.49. The second kappa shape index (κ2) is 8.87. The van der Waals surface area contributed by atoms with E-state index in [2.05, 4.69) is 46.5 Å². The highest BCUT2D eigenvalue weighted by Gasteiger charge is 2.17. The number of hydrogen-bond donors (Lipinski definition) is 2. The maximum Gasteiger partial charge on any atom is 0.191 e. The molecule has 2 N–H and O–H groups in total. The topological polar surface area (TPSA) is 62.0 Å². The van der Waals surface area contributed by atoms with Crippen molar-refractivity contribution in [3.05, 3.63) is 36.1 Å². The lowest BCUT2D eigenvalue weighted by Gasteiger charge is -2.32. The van der Waals surface area contributed by atoms with E-state index in [1.165, 1.54) is 0 Å². The fraction of sp³-hybridized carbons (Fsp3) is 0.526. The number of nitrogens with zero attached hydrogens (tertiary/aromatic N) is 2. The van der Waals surface area contributed by atoms with Gasteiger partial charge < -0.3 is 19.8 Å². The van der Waals surface area contributed by atoms with Gasteiger partial charge in [0.1, 0.15) is 17.9 Å². The molecule has 25 heavy (non-hydrogen) atoms. The predicted octanol–water partition coefficient (Wildman–Crippen LogP) is 2.21. The van der Waals surface area contributed by atoms with Gasteiger partial charge in [0, 0.05) is 37.6 Å². The Hall–Kier alpha value is -2.05. The third-order valence-electron chi connectivity index (χ3n) is 4.45. The molecule has 1 saturated heterocycles. The number of hydrogen-bond acceptors (Lipinski definition) is 4. The van der Waals surface area contributed by atoms with Crippen molar-refractivity contribution >= 4 is 16.9 Å². The summed E-state index contributed by atoms with van der Waals surface area (Å²) in [6.07, 6.45) is 0. The van der Waals surface area contributed by atoms with Crippen LogP contribution in [0.1, 0.15) is 19.6 Å². The van der Waals surface area contributed by atoms with E-state index in [-0.39, 0.29) is 0 Å². The summed E-state index contributed by atoms with van der Waals surface area (Å²) >= 11 is 0. The predicted molar refractivity (Wildman–Crippen MR) is 101 cm³/mol. The normalized spacial score (nSPS) is 17.6. The molecular weight excluding hydrogens is 316 g/mol. The van der Waals surface area contributed by atoms with Crippen LogP contribution in [0.25, 0.3) is 11.0 Å². The van der Waals surface area contributed by atoms with Gasteiger partial charge in [0.05, 0.1) is 13.2 Å². The van der Waals surface area contributed by atoms with Crippen LogP contribution in [0.2, 0.25) is 0 Å². The van der Waals surface area contributed by atoms with E-state index in [4.69, 9.17) is 9.15 Å². The number of nitrogens with one attached hydrogen (secondary N) is 2. The Bertz CT molecular complexity index is 659. The molecule has 1 aromatic carbocycles. The van der Waals surface area contributed by atoms with Crippen molar-refractivity contribution < 1.29 is 9.15 Å². The second-order valence-electron chi connectivity index (χ2n) is 6.32. The third kappa shape index (κ3) is 4.96. The largest absolute Gasteiger partial charge is 0.459 e. The first kappa shape index (κ1) is 17.8. The summed E-state index contributed by atoms with van der Waals surface area (Å²) in [5.74, 6) is 1.70. The van der Waals surface area contributed by atoms with Gasteiger partial charge in [0.25, 0.3) is 0 Å². The number of fused-ring (bicyclic) bond motifs is 1. The van der Waals surface area contributed by atoms with Crippen LogP contribution in [-0.4, -0.2) is 56.3 Å². The molecule has 0 aliphatic carbocycles. The average molecular weight is 344 g/mol. The van der Waals surface area contributed by atoms with Crippen molar-refractivity contribution in [3.8, 4) is 0 Å². The zero-order chi connectivity index (χ0) is 17.5. The molecule has 136 valence electrons. The molecule has 1 aromatic heterocycles. The van der Waals surface area contributed by atoms with Crippen LogP contribution in [0.15, 0.2) is 39.7 Å². The Balaban J connectivity index is 1.56. The molecule has 1 unspecified atom stereocenters. The summed E-state index contributed by atoms with van der Waals surface area (Å²) in [4.78, 5) is 7.10. The second-order valence-corrected chi connectivity index (χ2v) is 6.32. The van der Waals surface area contributed by atoms with Crippen molar-refractivity contribution in [1.82, 2.24) is 15.5 Å². The van der Waals surface area contributed by atoms with E-state index in [9.17, 15) is 0 Å². The molecule has 0 radical (unpaired) electrons. The molecule has 1 aliphatic rings. The number of guanidine groups is 1. The lowest BCUT2D eigenvalue weighted by atomic mass is 10.2. The molecule has 1 atom stereocenters. The van der Waals surface area contributed by atoms with Crippen LogP contribution in [0.3, 0.4) is 0 Å². The van der Waals surface area contributed by atoms with Gasteiger partial charge in [-0.3, -0.25) is 4.90 Å². The van der Waals surface area contributed by atoms with Gasteiger partial charge in [-0.05, 0) is 26.0 Å². The maximum absolute atomic E-state index is 5.83. The zero-order valence-electron chi connectivity index (χ0n) is 15.1. The highest BCUT2D eigenvalue weighted by molar-refractivity contribution is 5.80. The molecule has 0 saturated carbocycles. The lowest BCUT2D eigenvalue weighted by molar-refractivity contribution is 0.0211. The van der Waals surface area contributed by atoms with Gasteiger partial charge in [0.2, 0.25) is 0 Å². The third-order valence-corrected chi connectivity index (χ3v) is 4.45. The first-order valence-electron chi connectivity index (χ1n) is 9.07. The first-order valence-corrected chi connectivity index (χ1v) is 9.07. The van der Waals surface area contributed by atoms with Crippen LogP contribution in [-0.2, 0) is 11.3 Å². The van der Waals surface area contributed by atoms with Gasteiger partial charge >= 0.3 is 0 Å². The molecule has 2 heterocycles. The van der Waals surface area contributed by atoms with Crippen LogP contribution in [0, 0.1) is 0 Å². The number of rotatable bonds is 6. The van der Waals surface area contributed by atoms with Gasteiger partial charge in [-0.1, -0.05) is 18.2 Å². The SMILES string of the molecule is CCNC(=NCc1cc2ccccc2o1)NCC(C)N1CCOCC1. The van der Waals surface area contributed by atoms with Gasteiger partial charge in [0.15, 0.2) is 5.96 Å². The molecule has 1 fully saturated rings. The number of morpholine rings is 1. The number of benzene rings is 1. The smallest absolute Gasteiger partial charge is 0.191 e. The Kier molecular flexibility index (Phi) is 6.30. The maximum atomic E-state index is 5.83. The van der Waals surface area contributed by atoms with E-state index in [1.54, 1.807) is 0 Å². The zero-order valence-corrected chi connectivity index (χ0v) is 15.1. The number of para-hydroxylation sites is 1. The molecule has 2 aromatic rings. The van der Waals surface area contributed by atoms with Crippen molar-refractivity contribution in [2.24, 2.45) is 4.99 Å². The first-order chi connectivity index (χ1) is 12.3. The minimum absolute atomic E-state index is 0.443. The molecule has 0 spiro atoms. The average Bonchev–Trinajstić information content (AvgIpc) is 3.07. The minimum atomic E-state index is 0.443. The van der Waals surface area contributed by atoms with Gasteiger partial charge in [-0.2, -0.15) is 0 Å². The quantitative estimate of drug-likeness (QED) is 0.621. The Morgan fingerprint density at radius 3 is 2.80 bits per heavy atom. The summed E-state index contributed by atoms with van der Waals surface area (Å²) in [5, 5.41) is 7.85. The van der Waals surface area contributed by atoms with Crippen LogP contribution < -0.4 is 10.6 Å². The Morgan fingerprint density at radius 1 is 1.24 bits per heavy atom. The van der Waals surface area contributed by atoms with E-state index in [0.29, 0.717) is 12.6 Å². The van der Waals surface area contributed by atoms with Crippen molar-refractivity contribution in [3.63, 3.8) is 0 Å². The Morgan fingerprint density at radius 2 is 2.04 bits per heavy atom. The summed E-state index contributed by atoms with van der Waals surface area (Å²) < 4.78 is 11.3. The minimum Gasteiger partial charge on any atom is -0.459 e. The monoisotopic (exact) mass is 344 g/mol. The molecule has 6 heteroatoms. The van der Waals surface area contributed by atoms with Crippen LogP contribution in [0.4, 0.5) is 0 Å². The van der Waals surface area contributed by atoms with E-state index >= 15 is 0 Å². The van der Waals surface area contributed by atoms with Crippen LogP contribution in [0.5, 0.6) is 0 Å². The van der Waals surface area contributed by atoms with Crippen molar-refractivity contribution in [2.45, 2.75) is 26.4 Å². The van der Waals surface area contributed by atoms with Crippen molar-refractivity contribution in [1.29, 1.82) is 0 Å². The molecule has 0 bridgehead atoms. The summed E-state index contributed by atoms with van der Waals surface area (Å²) in [7, 11) is 0. The van der Waals surface area contributed by atoms with E-state index in [0.717, 1.165) is 62.1 Å². The molecule has 1 aliphatic heterocycles. The summed E-state index contributed by atoms with van der Waals surface area (Å²) in [6, 6.07) is 10.5. The van der Waals surface area contributed by atoms with Gasteiger partial charge in [-0.25, -0.2) is 4.99 Å². The summed E-state index contributed by atoms with van der Waals surface area (Å²) in [5.41, 5.74) is 0.909. The molecule has 6 nitrogen and oxygen atoms in total. The molecule has 0 amide bonds. The Labute approximate surface area is 149 Å². The van der Waals surface area contributed by atoms with Crippen LogP contribution >= 0.6 is 0 Å². The van der Waals surface area contributed by atoms with Gasteiger partial charge in [-0.15, -0.1) is 0 Å². The fourth-order valence-electron chi connectivity index (χ4n) is 3.01. The number of aliphatic imine (C=N–C) groups is 1. The number of ether oxygens (including phenoxy) is 1. The number of furan rings is 1. The highest BCUT2D eigenvalue weighted by Crippen LogP contribution is 2.19. The fourth-order valence-corrected chi connectivity index (χ4v) is 3.01. The van der Waals surface area contributed by atoms with Crippen molar-refractivity contribution in [2.75, 3.05) is 39.4 Å². The van der Waals surface area contributed by atoms with E-state index < -0.39 is 0 Å². The van der Waals surface area contributed by atoms with E-state index in [1.807, 2.05) is 18.2 Å². The summed E-state index contributed by atoms with van der Waals surface area (Å²) in [6.45, 7) is 10.2. The highest BCUT2D eigenvalue weighted by atomic mass is 16.5. The standard InChI is InChI=1S/C19H28N4O2/c1-3-20-19(21-13-15(2)23-8-10-24-11-9-23)22-14-17-12-16-6-4-5-7-18(16)25-17/h4-7,12,15H,3,8-11,13-14H2,1-2H3,(H2,20,21,22). The molecular formula is C19H28N4O2.